The zero-order chi connectivity index (χ0) is 24.0. The van der Waals surface area contributed by atoms with Crippen molar-refractivity contribution in [3.8, 4) is 16.9 Å². The SMILES string of the molecule is O=C(c1ccn(COc2ccc(-c3ccccc3)cc2)n1)N1CCN(Cc2cccc(Cl)c2)CC1. The summed E-state index contributed by atoms with van der Waals surface area (Å²) >= 11 is 6.09. The van der Waals surface area contributed by atoms with E-state index in [1.807, 2.05) is 65.6 Å². The van der Waals surface area contributed by atoms with E-state index in [4.69, 9.17) is 16.3 Å². The lowest BCUT2D eigenvalue weighted by Crippen LogP contribution is -2.48. The molecule has 5 rings (SSSR count). The van der Waals surface area contributed by atoms with Crippen LogP contribution in [0.25, 0.3) is 11.1 Å². The molecule has 1 fully saturated rings. The first-order valence-electron chi connectivity index (χ1n) is 11.7. The summed E-state index contributed by atoms with van der Waals surface area (Å²) in [6.45, 7) is 4.07. The highest BCUT2D eigenvalue weighted by atomic mass is 35.5. The Labute approximate surface area is 210 Å². The van der Waals surface area contributed by atoms with Crippen molar-refractivity contribution in [3.05, 3.63) is 107 Å². The highest BCUT2D eigenvalue weighted by Crippen LogP contribution is 2.22. The van der Waals surface area contributed by atoms with Crippen LogP contribution in [0.1, 0.15) is 16.1 Å². The van der Waals surface area contributed by atoms with Gasteiger partial charge < -0.3 is 9.64 Å². The molecule has 1 aromatic heterocycles. The Hall–Kier alpha value is -3.61. The van der Waals surface area contributed by atoms with Crippen molar-refractivity contribution in [3.63, 3.8) is 0 Å². The fourth-order valence-corrected chi connectivity index (χ4v) is 4.44. The number of benzene rings is 3. The first-order chi connectivity index (χ1) is 17.1. The van der Waals surface area contributed by atoms with Gasteiger partial charge in [0.1, 0.15) is 5.75 Å². The molecule has 1 amide bonds. The number of halogens is 1. The van der Waals surface area contributed by atoms with Crippen molar-refractivity contribution in [2.45, 2.75) is 13.3 Å². The summed E-state index contributed by atoms with van der Waals surface area (Å²) in [6.07, 6.45) is 1.78. The van der Waals surface area contributed by atoms with Crippen LogP contribution < -0.4 is 4.74 Å². The maximum absolute atomic E-state index is 12.9. The Bertz CT molecular complexity index is 1270. The molecule has 0 aliphatic carbocycles. The van der Waals surface area contributed by atoms with Gasteiger partial charge in [-0.15, -0.1) is 0 Å². The van der Waals surface area contributed by atoms with Crippen molar-refractivity contribution in [2.75, 3.05) is 26.2 Å². The topological polar surface area (TPSA) is 50.6 Å². The first kappa shape index (κ1) is 23.1. The van der Waals surface area contributed by atoms with Crippen LogP contribution in [0, 0.1) is 0 Å². The maximum Gasteiger partial charge on any atom is 0.274 e. The summed E-state index contributed by atoms with van der Waals surface area (Å²) in [5.41, 5.74) is 3.93. The summed E-state index contributed by atoms with van der Waals surface area (Å²) in [5.74, 6) is 0.710. The molecule has 0 spiro atoms. The van der Waals surface area contributed by atoms with Gasteiger partial charge in [0.25, 0.3) is 5.91 Å². The third-order valence-electron chi connectivity index (χ3n) is 6.14. The van der Waals surface area contributed by atoms with Gasteiger partial charge in [-0.3, -0.25) is 9.69 Å². The zero-order valence-corrected chi connectivity index (χ0v) is 20.1. The predicted molar refractivity (Wildman–Crippen MR) is 137 cm³/mol. The summed E-state index contributed by atoms with van der Waals surface area (Å²) in [7, 11) is 0. The van der Waals surface area contributed by atoms with Crippen molar-refractivity contribution >= 4 is 17.5 Å². The Morgan fingerprint density at radius 2 is 1.60 bits per heavy atom. The lowest BCUT2D eigenvalue weighted by Gasteiger charge is -2.34. The Morgan fingerprint density at radius 1 is 0.857 bits per heavy atom. The zero-order valence-electron chi connectivity index (χ0n) is 19.4. The summed E-state index contributed by atoms with van der Waals surface area (Å²) in [6, 6.07) is 27.9. The number of carbonyl (C=O) groups is 1. The normalized spacial score (nSPS) is 14.1. The second kappa shape index (κ2) is 10.8. The second-order valence-electron chi connectivity index (χ2n) is 8.60. The fourth-order valence-electron chi connectivity index (χ4n) is 4.23. The number of hydrogen-bond acceptors (Lipinski definition) is 4. The monoisotopic (exact) mass is 486 g/mol. The van der Waals surface area contributed by atoms with Crippen LogP contribution in [-0.4, -0.2) is 51.7 Å². The third-order valence-corrected chi connectivity index (χ3v) is 6.37. The minimum atomic E-state index is -0.0432. The first-order valence-corrected chi connectivity index (χ1v) is 12.1. The molecule has 35 heavy (non-hydrogen) atoms. The largest absolute Gasteiger partial charge is 0.471 e. The molecule has 1 aliphatic rings. The predicted octanol–water partition coefficient (Wildman–Crippen LogP) is 5.20. The van der Waals surface area contributed by atoms with Crippen LogP contribution in [0.5, 0.6) is 5.75 Å². The summed E-state index contributed by atoms with van der Waals surface area (Å²) in [5, 5.41) is 5.18. The quantitative estimate of drug-likeness (QED) is 0.360. The van der Waals surface area contributed by atoms with Gasteiger partial charge in [0, 0.05) is 43.9 Å². The Kier molecular flexibility index (Phi) is 7.12. The van der Waals surface area contributed by atoms with Crippen LogP contribution in [0.4, 0.5) is 0 Å². The van der Waals surface area contributed by atoms with E-state index in [9.17, 15) is 4.79 Å². The van der Waals surface area contributed by atoms with E-state index in [0.717, 1.165) is 36.0 Å². The van der Waals surface area contributed by atoms with Crippen molar-refractivity contribution < 1.29 is 9.53 Å². The van der Waals surface area contributed by atoms with Crippen LogP contribution >= 0.6 is 11.6 Å². The van der Waals surface area contributed by atoms with Gasteiger partial charge in [-0.1, -0.05) is 66.2 Å². The average molecular weight is 487 g/mol. The minimum absolute atomic E-state index is 0.0432. The molecular formula is C28H27ClN4O2. The number of ether oxygens (including phenoxy) is 1. The number of hydrogen-bond donors (Lipinski definition) is 0. The number of piperazine rings is 1. The number of rotatable bonds is 7. The third kappa shape index (κ3) is 5.91. The standard InChI is InChI=1S/C28H27ClN4O2/c29-25-8-4-5-22(19-25)20-31-15-17-32(18-16-31)28(34)27-13-14-33(30-27)21-35-26-11-9-24(10-12-26)23-6-2-1-3-7-23/h1-14,19H,15-18,20-21H2. The molecule has 4 aromatic rings. The van der Waals surface area contributed by atoms with Crippen LogP contribution in [-0.2, 0) is 13.3 Å². The van der Waals surface area contributed by atoms with E-state index >= 15 is 0 Å². The Morgan fingerprint density at radius 3 is 2.34 bits per heavy atom. The van der Waals surface area contributed by atoms with Gasteiger partial charge in [0.05, 0.1) is 0 Å². The van der Waals surface area contributed by atoms with Crippen molar-refractivity contribution in [1.29, 1.82) is 0 Å². The second-order valence-corrected chi connectivity index (χ2v) is 9.04. The summed E-state index contributed by atoms with van der Waals surface area (Å²) < 4.78 is 7.51. The molecule has 0 bridgehead atoms. The van der Waals surface area contributed by atoms with Crippen LogP contribution in [0.2, 0.25) is 5.02 Å². The maximum atomic E-state index is 12.9. The summed E-state index contributed by atoms with van der Waals surface area (Å²) in [4.78, 5) is 17.1. The molecule has 3 aromatic carbocycles. The van der Waals surface area contributed by atoms with Crippen molar-refractivity contribution in [1.82, 2.24) is 19.6 Å². The van der Waals surface area contributed by atoms with E-state index in [1.54, 1.807) is 16.9 Å². The molecule has 2 heterocycles. The molecule has 6 nitrogen and oxygen atoms in total. The minimum Gasteiger partial charge on any atom is -0.471 e. The highest BCUT2D eigenvalue weighted by molar-refractivity contribution is 6.30. The molecule has 178 valence electrons. The molecule has 1 aliphatic heterocycles. The Balaban J connectivity index is 1.11. The molecule has 0 saturated carbocycles. The van der Waals surface area contributed by atoms with E-state index in [1.165, 1.54) is 11.1 Å². The number of amides is 1. The van der Waals surface area contributed by atoms with Crippen LogP contribution in [0.3, 0.4) is 0 Å². The lowest BCUT2D eigenvalue weighted by atomic mass is 10.1. The molecule has 0 N–H and O–H groups in total. The van der Waals surface area contributed by atoms with E-state index in [0.29, 0.717) is 18.8 Å². The van der Waals surface area contributed by atoms with E-state index in [2.05, 4.69) is 28.2 Å². The van der Waals surface area contributed by atoms with Gasteiger partial charge in [-0.25, -0.2) is 4.68 Å². The molecule has 0 radical (unpaired) electrons. The number of nitrogens with zero attached hydrogens (tertiary/aromatic N) is 4. The van der Waals surface area contributed by atoms with Gasteiger partial charge in [0.2, 0.25) is 0 Å². The smallest absolute Gasteiger partial charge is 0.274 e. The molecular weight excluding hydrogens is 460 g/mol. The lowest BCUT2D eigenvalue weighted by molar-refractivity contribution is 0.0621. The van der Waals surface area contributed by atoms with Gasteiger partial charge in [-0.05, 0) is 47.0 Å². The van der Waals surface area contributed by atoms with Gasteiger partial charge >= 0.3 is 0 Å². The van der Waals surface area contributed by atoms with Crippen molar-refractivity contribution in [2.24, 2.45) is 0 Å². The number of carbonyl (C=O) groups excluding carboxylic acids is 1. The molecule has 1 saturated heterocycles. The molecule has 0 unspecified atom stereocenters. The average Bonchev–Trinajstić information content (AvgIpc) is 3.38. The molecule has 0 atom stereocenters. The van der Waals surface area contributed by atoms with Gasteiger partial charge in [-0.2, -0.15) is 5.10 Å². The van der Waals surface area contributed by atoms with E-state index < -0.39 is 0 Å². The van der Waals surface area contributed by atoms with Crippen LogP contribution in [0.15, 0.2) is 91.1 Å². The molecule has 7 heteroatoms. The highest BCUT2D eigenvalue weighted by Gasteiger charge is 2.23. The fraction of sp³-hybridized carbons (Fsp3) is 0.214. The van der Waals surface area contributed by atoms with Gasteiger partial charge in [0.15, 0.2) is 12.4 Å². The van der Waals surface area contributed by atoms with E-state index in [-0.39, 0.29) is 12.6 Å². The number of aromatic nitrogens is 2.